The summed E-state index contributed by atoms with van der Waals surface area (Å²) in [5, 5.41) is 0. The molecule has 0 bridgehead atoms. The van der Waals surface area contributed by atoms with Gasteiger partial charge in [0.05, 0.1) is 0 Å². The van der Waals surface area contributed by atoms with Crippen LogP contribution in [0, 0.1) is 17.3 Å². The molecule has 2 rings (SSSR count). The van der Waals surface area contributed by atoms with Crippen LogP contribution in [0.4, 0.5) is 0 Å². The third-order valence-electron chi connectivity index (χ3n) is 3.87. The zero-order valence-electron chi connectivity index (χ0n) is 8.18. The maximum atomic E-state index is 5.86. The molecule has 0 aromatic rings. The van der Waals surface area contributed by atoms with Crippen LogP contribution in [0.3, 0.4) is 0 Å². The van der Waals surface area contributed by atoms with E-state index in [9.17, 15) is 0 Å². The molecule has 0 atom stereocenters. The van der Waals surface area contributed by atoms with Gasteiger partial charge in [-0.05, 0) is 43.1 Å². The van der Waals surface area contributed by atoms with Crippen molar-refractivity contribution in [2.24, 2.45) is 23.0 Å². The van der Waals surface area contributed by atoms with Crippen molar-refractivity contribution in [3.63, 3.8) is 0 Å². The molecule has 2 saturated carbocycles. The van der Waals surface area contributed by atoms with Crippen molar-refractivity contribution < 1.29 is 0 Å². The Morgan fingerprint density at radius 3 is 2.33 bits per heavy atom. The fourth-order valence-corrected chi connectivity index (χ4v) is 2.80. The summed E-state index contributed by atoms with van der Waals surface area (Å²) >= 11 is 0. The zero-order chi connectivity index (χ0) is 8.60. The van der Waals surface area contributed by atoms with E-state index in [-0.39, 0.29) is 0 Å². The first kappa shape index (κ1) is 8.55. The lowest BCUT2D eigenvalue weighted by atomic mass is 9.59. The third kappa shape index (κ3) is 1.52. The molecule has 0 aromatic carbocycles. The van der Waals surface area contributed by atoms with E-state index in [0.29, 0.717) is 5.41 Å². The molecule has 70 valence electrons. The number of rotatable bonds is 4. The summed E-state index contributed by atoms with van der Waals surface area (Å²) in [6.45, 7) is 3.25. The Morgan fingerprint density at radius 1 is 1.25 bits per heavy atom. The van der Waals surface area contributed by atoms with Crippen LogP contribution in [-0.4, -0.2) is 6.54 Å². The van der Waals surface area contributed by atoms with Gasteiger partial charge in [-0.25, -0.2) is 0 Å². The summed E-state index contributed by atoms with van der Waals surface area (Å²) in [5.41, 5.74) is 6.46. The maximum Gasteiger partial charge on any atom is -0.00202 e. The molecule has 1 heteroatoms. The van der Waals surface area contributed by atoms with Crippen LogP contribution in [0.25, 0.3) is 0 Å². The van der Waals surface area contributed by atoms with E-state index in [4.69, 9.17) is 5.73 Å². The summed E-state index contributed by atoms with van der Waals surface area (Å²) in [4.78, 5) is 0. The van der Waals surface area contributed by atoms with Crippen molar-refractivity contribution in [3.05, 3.63) is 0 Å². The van der Waals surface area contributed by atoms with Gasteiger partial charge in [-0.1, -0.05) is 26.2 Å². The molecular formula is C11H21N. The van der Waals surface area contributed by atoms with Crippen molar-refractivity contribution >= 4 is 0 Å². The van der Waals surface area contributed by atoms with E-state index in [1.165, 1.54) is 38.5 Å². The fourth-order valence-electron chi connectivity index (χ4n) is 2.80. The highest BCUT2D eigenvalue weighted by Crippen LogP contribution is 2.53. The Hall–Kier alpha value is -0.0400. The van der Waals surface area contributed by atoms with Crippen LogP contribution < -0.4 is 5.73 Å². The molecular weight excluding hydrogens is 146 g/mol. The van der Waals surface area contributed by atoms with E-state index in [0.717, 1.165) is 18.4 Å². The number of nitrogens with two attached hydrogens (primary N) is 1. The second-order valence-electron chi connectivity index (χ2n) is 5.03. The molecule has 0 saturated heterocycles. The SMILES string of the molecule is CC[C@H]1C[C@@](CN)(CC2CC2)C1. The number of hydrogen-bond acceptors (Lipinski definition) is 1. The van der Waals surface area contributed by atoms with Gasteiger partial charge in [-0.2, -0.15) is 0 Å². The molecule has 2 N–H and O–H groups in total. The van der Waals surface area contributed by atoms with Gasteiger partial charge in [0.15, 0.2) is 0 Å². The van der Waals surface area contributed by atoms with Gasteiger partial charge in [0.25, 0.3) is 0 Å². The molecule has 2 aliphatic rings. The van der Waals surface area contributed by atoms with Crippen molar-refractivity contribution in [1.29, 1.82) is 0 Å². The Kier molecular flexibility index (Phi) is 2.16. The zero-order valence-corrected chi connectivity index (χ0v) is 8.18. The van der Waals surface area contributed by atoms with Crippen LogP contribution in [0.15, 0.2) is 0 Å². The highest BCUT2D eigenvalue weighted by Gasteiger charge is 2.44. The predicted molar refractivity (Wildman–Crippen MR) is 51.8 cm³/mol. The number of hydrogen-bond donors (Lipinski definition) is 1. The highest BCUT2D eigenvalue weighted by atomic mass is 14.6. The standard InChI is InChI=1S/C11H21N/c1-2-9-5-11(6-9,8-12)7-10-3-4-10/h9-10H,2-8,12H2,1H3/t9-,11-. The molecule has 2 fully saturated rings. The van der Waals surface area contributed by atoms with Crippen LogP contribution in [0.2, 0.25) is 0 Å². The quantitative estimate of drug-likeness (QED) is 0.684. The van der Waals surface area contributed by atoms with E-state index in [1.54, 1.807) is 0 Å². The normalized spacial score (nSPS) is 41.0. The van der Waals surface area contributed by atoms with Gasteiger partial charge < -0.3 is 5.73 Å². The lowest BCUT2D eigenvalue weighted by molar-refractivity contribution is 0.0457. The minimum atomic E-state index is 0.599. The molecule has 1 nitrogen and oxygen atoms in total. The first-order valence-electron chi connectivity index (χ1n) is 5.48. The fraction of sp³-hybridized carbons (Fsp3) is 1.00. The van der Waals surface area contributed by atoms with E-state index >= 15 is 0 Å². The largest absolute Gasteiger partial charge is 0.330 e. The van der Waals surface area contributed by atoms with Crippen molar-refractivity contribution in [1.82, 2.24) is 0 Å². The van der Waals surface area contributed by atoms with Crippen molar-refractivity contribution in [2.45, 2.75) is 45.4 Å². The van der Waals surface area contributed by atoms with Crippen LogP contribution in [0.5, 0.6) is 0 Å². The highest BCUT2D eigenvalue weighted by molar-refractivity contribution is 4.97. The first-order valence-corrected chi connectivity index (χ1v) is 5.48. The molecule has 0 unspecified atom stereocenters. The summed E-state index contributed by atoms with van der Waals surface area (Å²) in [5.74, 6) is 2.07. The van der Waals surface area contributed by atoms with E-state index < -0.39 is 0 Å². The Bertz CT molecular complexity index is 154. The van der Waals surface area contributed by atoms with Gasteiger partial charge in [-0.3, -0.25) is 0 Å². The molecule has 0 heterocycles. The average Bonchev–Trinajstić information content (AvgIpc) is 2.79. The topological polar surface area (TPSA) is 26.0 Å². The summed E-state index contributed by atoms with van der Waals surface area (Å²) < 4.78 is 0. The lowest BCUT2D eigenvalue weighted by Gasteiger charge is -2.47. The van der Waals surface area contributed by atoms with E-state index in [2.05, 4.69) is 6.92 Å². The van der Waals surface area contributed by atoms with Gasteiger partial charge in [0.2, 0.25) is 0 Å². The Labute approximate surface area is 75.7 Å². The Balaban J connectivity index is 1.81. The minimum absolute atomic E-state index is 0.599. The molecule has 2 aliphatic carbocycles. The van der Waals surface area contributed by atoms with Gasteiger partial charge in [-0.15, -0.1) is 0 Å². The third-order valence-corrected chi connectivity index (χ3v) is 3.87. The van der Waals surface area contributed by atoms with Crippen LogP contribution >= 0.6 is 0 Å². The lowest BCUT2D eigenvalue weighted by Crippen LogP contribution is -2.43. The van der Waals surface area contributed by atoms with Crippen molar-refractivity contribution in [3.8, 4) is 0 Å². The Morgan fingerprint density at radius 2 is 1.92 bits per heavy atom. The van der Waals surface area contributed by atoms with E-state index in [1.807, 2.05) is 0 Å². The van der Waals surface area contributed by atoms with Gasteiger partial charge in [0.1, 0.15) is 0 Å². The van der Waals surface area contributed by atoms with Crippen LogP contribution in [-0.2, 0) is 0 Å². The molecule has 0 spiro atoms. The molecule has 0 aromatic heterocycles. The van der Waals surface area contributed by atoms with Gasteiger partial charge >= 0.3 is 0 Å². The average molecular weight is 167 g/mol. The van der Waals surface area contributed by atoms with Crippen molar-refractivity contribution in [2.75, 3.05) is 6.54 Å². The van der Waals surface area contributed by atoms with Gasteiger partial charge in [0, 0.05) is 0 Å². The molecule has 12 heavy (non-hydrogen) atoms. The van der Waals surface area contributed by atoms with Crippen LogP contribution in [0.1, 0.15) is 45.4 Å². The minimum Gasteiger partial charge on any atom is -0.330 e. The summed E-state index contributed by atoms with van der Waals surface area (Å²) in [6.07, 6.45) is 8.64. The summed E-state index contributed by atoms with van der Waals surface area (Å²) in [6, 6.07) is 0. The second-order valence-corrected chi connectivity index (χ2v) is 5.03. The smallest absolute Gasteiger partial charge is 0.00202 e. The second kappa shape index (κ2) is 3.02. The predicted octanol–water partition coefficient (Wildman–Crippen LogP) is 2.55. The molecule has 0 radical (unpaired) electrons. The molecule has 0 aliphatic heterocycles. The first-order chi connectivity index (χ1) is 5.78. The monoisotopic (exact) mass is 167 g/mol. The molecule has 0 amide bonds. The summed E-state index contributed by atoms with van der Waals surface area (Å²) in [7, 11) is 0. The maximum absolute atomic E-state index is 5.86.